The number of sulfone groups is 1. The molecule has 1 aromatic carbocycles. The Kier molecular flexibility index (Phi) is 3.56. The number of carboxylic acids is 1. The number of rotatable bonds is 4. The summed E-state index contributed by atoms with van der Waals surface area (Å²) in [4.78, 5) is 8.38. The number of nitrogens with two attached hydrogens (primary N) is 2. The standard InChI is InChI=1S/C10H14N2O4S/c1-7-4-2-3-5-8(7)17(15,16)10(12,6-11)9(13)14/h2-5H,6,11-12H2,1H3,(H,13,14)/t10-/m0/s1. The van der Waals surface area contributed by atoms with Gasteiger partial charge in [-0.2, -0.15) is 0 Å². The molecule has 0 amide bonds. The summed E-state index contributed by atoms with van der Waals surface area (Å²) in [5.74, 6) is -1.66. The van der Waals surface area contributed by atoms with Crippen molar-refractivity contribution in [2.45, 2.75) is 16.7 Å². The van der Waals surface area contributed by atoms with Gasteiger partial charge in [0.15, 0.2) is 0 Å². The molecule has 0 fully saturated rings. The predicted octanol–water partition coefficient (Wildman–Crippen LogP) is -0.533. The summed E-state index contributed by atoms with van der Waals surface area (Å²) in [5, 5.41) is 8.94. The van der Waals surface area contributed by atoms with E-state index in [0.29, 0.717) is 5.56 Å². The van der Waals surface area contributed by atoms with Crippen molar-refractivity contribution in [2.24, 2.45) is 11.5 Å². The summed E-state index contributed by atoms with van der Waals surface area (Å²) < 4.78 is 24.3. The SMILES string of the molecule is Cc1ccccc1S(=O)(=O)[C@@](N)(CN)C(=O)O. The van der Waals surface area contributed by atoms with Crippen molar-refractivity contribution in [1.82, 2.24) is 0 Å². The molecular formula is C10H14N2O4S. The van der Waals surface area contributed by atoms with Gasteiger partial charge in [-0.05, 0) is 18.6 Å². The minimum atomic E-state index is -4.23. The number of aryl methyl sites for hydroxylation is 1. The normalized spacial score (nSPS) is 15.2. The van der Waals surface area contributed by atoms with E-state index in [2.05, 4.69) is 0 Å². The largest absolute Gasteiger partial charge is 0.479 e. The van der Waals surface area contributed by atoms with Gasteiger partial charge in [0.05, 0.1) is 4.90 Å². The Morgan fingerprint density at radius 3 is 2.35 bits per heavy atom. The van der Waals surface area contributed by atoms with E-state index in [9.17, 15) is 13.2 Å². The van der Waals surface area contributed by atoms with Gasteiger partial charge in [0.25, 0.3) is 0 Å². The van der Waals surface area contributed by atoms with Crippen molar-refractivity contribution in [3.05, 3.63) is 29.8 Å². The zero-order valence-corrected chi connectivity index (χ0v) is 10.1. The maximum absolute atomic E-state index is 12.2. The van der Waals surface area contributed by atoms with Crippen LogP contribution in [0.1, 0.15) is 5.56 Å². The minimum Gasteiger partial charge on any atom is -0.479 e. The van der Waals surface area contributed by atoms with Crippen LogP contribution in [-0.4, -0.2) is 30.9 Å². The Bertz CT molecular complexity index is 541. The van der Waals surface area contributed by atoms with Gasteiger partial charge < -0.3 is 16.6 Å². The molecule has 0 saturated carbocycles. The van der Waals surface area contributed by atoms with E-state index in [0.717, 1.165) is 0 Å². The Morgan fingerprint density at radius 2 is 1.94 bits per heavy atom. The number of carbonyl (C=O) groups is 1. The van der Waals surface area contributed by atoms with Gasteiger partial charge in [0, 0.05) is 6.54 Å². The second-order valence-electron chi connectivity index (χ2n) is 3.67. The summed E-state index contributed by atoms with van der Waals surface area (Å²) in [6.07, 6.45) is 0. The molecule has 0 spiro atoms. The lowest BCUT2D eigenvalue weighted by molar-refractivity contribution is -0.139. The Hall–Kier alpha value is -1.44. The van der Waals surface area contributed by atoms with Crippen molar-refractivity contribution >= 4 is 15.8 Å². The van der Waals surface area contributed by atoms with E-state index < -0.39 is 27.2 Å². The Morgan fingerprint density at radius 1 is 1.41 bits per heavy atom. The van der Waals surface area contributed by atoms with E-state index >= 15 is 0 Å². The van der Waals surface area contributed by atoms with Crippen molar-refractivity contribution in [1.29, 1.82) is 0 Å². The molecule has 0 aliphatic heterocycles. The Balaban J connectivity index is 3.49. The third-order valence-corrected chi connectivity index (χ3v) is 4.87. The number of hydrogen-bond donors (Lipinski definition) is 3. The zero-order valence-electron chi connectivity index (χ0n) is 9.25. The number of carboxylic acid groups (broad SMARTS) is 1. The van der Waals surface area contributed by atoms with Crippen LogP contribution in [0.25, 0.3) is 0 Å². The van der Waals surface area contributed by atoms with Gasteiger partial charge in [0.2, 0.25) is 14.7 Å². The lowest BCUT2D eigenvalue weighted by atomic mass is 10.2. The molecule has 0 aliphatic rings. The van der Waals surface area contributed by atoms with Gasteiger partial charge in [0.1, 0.15) is 0 Å². The van der Waals surface area contributed by atoms with E-state index in [-0.39, 0.29) is 4.90 Å². The zero-order chi connectivity index (χ0) is 13.3. The first-order valence-electron chi connectivity index (χ1n) is 4.80. The highest BCUT2D eigenvalue weighted by Gasteiger charge is 2.47. The minimum absolute atomic E-state index is 0.115. The van der Waals surface area contributed by atoms with Crippen molar-refractivity contribution < 1.29 is 18.3 Å². The molecule has 0 aromatic heterocycles. The third-order valence-electron chi connectivity index (χ3n) is 2.53. The number of benzene rings is 1. The van der Waals surface area contributed by atoms with Gasteiger partial charge in [-0.3, -0.25) is 0 Å². The predicted molar refractivity (Wildman–Crippen MR) is 62.0 cm³/mol. The molecule has 17 heavy (non-hydrogen) atoms. The van der Waals surface area contributed by atoms with Gasteiger partial charge in [-0.25, -0.2) is 13.2 Å². The van der Waals surface area contributed by atoms with E-state index in [1.54, 1.807) is 19.1 Å². The highest BCUT2D eigenvalue weighted by molar-refractivity contribution is 7.93. The highest BCUT2D eigenvalue weighted by Crippen LogP contribution is 2.24. The van der Waals surface area contributed by atoms with Crippen LogP contribution in [-0.2, 0) is 14.6 Å². The van der Waals surface area contributed by atoms with Crippen LogP contribution in [0, 0.1) is 6.92 Å². The van der Waals surface area contributed by atoms with Crippen LogP contribution in [0.4, 0.5) is 0 Å². The molecule has 0 heterocycles. The van der Waals surface area contributed by atoms with E-state index in [4.69, 9.17) is 16.6 Å². The molecule has 5 N–H and O–H groups in total. The first kappa shape index (κ1) is 13.6. The average molecular weight is 258 g/mol. The summed E-state index contributed by atoms with van der Waals surface area (Å²) in [5.41, 5.74) is 11.0. The summed E-state index contributed by atoms with van der Waals surface area (Å²) >= 11 is 0. The molecule has 0 bridgehead atoms. The molecular weight excluding hydrogens is 244 g/mol. The molecule has 7 heteroatoms. The molecule has 6 nitrogen and oxygen atoms in total. The molecule has 1 atom stereocenters. The van der Waals surface area contributed by atoms with Crippen molar-refractivity contribution in [3.63, 3.8) is 0 Å². The molecule has 0 saturated heterocycles. The van der Waals surface area contributed by atoms with Crippen molar-refractivity contribution in [3.8, 4) is 0 Å². The monoisotopic (exact) mass is 258 g/mol. The molecule has 0 radical (unpaired) electrons. The lowest BCUT2D eigenvalue weighted by Gasteiger charge is -2.23. The molecule has 94 valence electrons. The quantitative estimate of drug-likeness (QED) is 0.666. The Labute approximate surface area is 99.2 Å². The summed E-state index contributed by atoms with van der Waals surface area (Å²) in [6.45, 7) is 0.866. The lowest BCUT2D eigenvalue weighted by Crippen LogP contribution is -2.59. The molecule has 0 unspecified atom stereocenters. The third kappa shape index (κ3) is 2.04. The van der Waals surface area contributed by atoms with Crippen molar-refractivity contribution in [2.75, 3.05) is 6.54 Å². The van der Waals surface area contributed by atoms with Gasteiger partial charge >= 0.3 is 5.97 Å². The summed E-state index contributed by atoms with van der Waals surface area (Å²) in [7, 11) is -4.23. The number of aliphatic carboxylic acids is 1. The van der Waals surface area contributed by atoms with Crippen LogP contribution in [0.15, 0.2) is 29.2 Å². The fourth-order valence-corrected chi connectivity index (χ4v) is 2.96. The fourth-order valence-electron chi connectivity index (χ4n) is 1.37. The van der Waals surface area contributed by atoms with E-state index in [1.807, 2.05) is 0 Å². The topological polar surface area (TPSA) is 123 Å². The molecule has 0 aliphatic carbocycles. The van der Waals surface area contributed by atoms with Crippen LogP contribution in [0.2, 0.25) is 0 Å². The average Bonchev–Trinajstić information content (AvgIpc) is 2.27. The van der Waals surface area contributed by atoms with Gasteiger partial charge in [-0.1, -0.05) is 18.2 Å². The van der Waals surface area contributed by atoms with Crippen LogP contribution >= 0.6 is 0 Å². The molecule has 1 aromatic rings. The van der Waals surface area contributed by atoms with E-state index in [1.165, 1.54) is 12.1 Å². The smallest absolute Gasteiger partial charge is 0.341 e. The number of hydrogen-bond acceptors (Lipinski definition) is 5. The fraction of sp³-hybridized carbons (Fsp3) is 0.300. The van der Waals surface area contributed by atoms with Gasteiger partial charge in [-0.15, -0.1) is 0 Å². The van der Waals surface area contributed by atoms with Crippen LogP contribution in [0.3, 0.4) is 0 Å². The first-order chi connectivity index (χ1) is 7.77. The maximum Gasteiger partial charge on any atom is 0.341 e. The summed E-state index contributed by atoms with van der Waals surface area (Å²) in [6, 6.07) is 6.02. The molecule has 1 rings (SSSR count). The second-order valence-corrected chi connectivity index (χ2v) is 5.84. The first-order valence-corrected chi connectivity index (χ1v) is 6.28. The highest BCUT2D eigenvalue weighted by atomic mass is 32.2. The maximum atomic E-state index is 12.2. The second kappa shape index (κ2) is 4.44. The van der Waals surface area contributed by atoms with Crippen LogP contribution in [0.5, 0.6) is 0 Å². The van der Waals surface area contributed by atoms with Crippen LogP contribution < -0.4 is 11.5 Å².